The fraction of sp³-hybridized carbons (Fsp3) is 0.381. The van der Waals surface area contributed by atoms with Crippen molar-refractivity contribution in [2.24, 2.45) is 22.7 Å². The molecule has 12 nitrogen and oxygen atoms in total. The number of carbonyl (C=O) groups excluding carboxylic acids is 3. The number of rotatable bonds is 3. The second kappa shape index (κ2) is 7.34. The number of primary amides is 1. The molecule has 4 rings (SSSR count). The van der Waals surface area contributed by atoms with E-state index in [0.29, 0.717) is 5.56 Å². The molecule has 0 bridgehead atoms. The molecule has 4 atom stereocenters. The molecular weight excluding hydrogens is 434 g/mol. The number of hydrogen-bond acceptors (Lipinski definition) is 9. The molecule has 1 aromatic carbocycles. The highest BCUT2D eigenvalue weighted by Crippen LogP contribution is 2.53. The summed E-state index contributed by atoms with van der Waals surface area (Å²) < 4.78 is 0. The van der Waals surface area contributed by atoms with Crippen LogP contribution in [0.3, 0.4) is 0 Å². The lowest BCUT2D eigenvalue weighted by Crippen LogP contribution is -2.65. The quantitative estimate of drug-likeness (QED) is 0.191. The third-order valence-electron chi connectivity index (χ3n) is 6.73. The summed E-state index contributed by atoms with van der Waals surface area (Å²) in [5.41, 5.74) is 10.6. The van der Waals surface area contributed by atoms with Gasteiger partial charge in [-0.1, -0.05) is 5.11 Å². The van der Waals surface area contributed by atoms with Crippen LogP contribution in [0.25, 0.3) is 16.2 Å². The number of carbonyl (C=O) groups is 3. The number of azide groups is 1. The first-order valence-corrected chi connectivity index (χ1v) is 10.0. The molecule has 3 aliphatic carbocycles. The number of Topliss-reactive ketones (excluding diaryl/α,β-unsaturated/α-hetero) is 2. The Kier molecular flexibility index (Phi) is 4.97. The number of benzene rings is 1. The molecule has 0 spiro atoms. The highest BCUT2D eigenvalue weighted by molar-refractivity contribution is 6.24. The SMILES string of the molecule is CN(C)[C@@H]1C(=O)C(C(N)=O)=C(O)[C@@]2(O)C(=O)C3=C(O)c4c(O)ccc(N=[N+]=[N-])c4CC3CC12. The van der Waals surface area contributed by atoms with E-state index < -0.39 is 58.0 Å². The zero-order chi connectivity index (χ0) is 24.4. The van der Waals surface area contributed by atoms with Crippen LogP contribution in [0.4, 0.5) is 5.69 Å². The van der Waals surface area contributed by atoms with Crippen molar-refractivity contribution in [2.45, 2.75) is 24.5 Å². The molecule has 6 N–H and O–H groups in total. The second-order valence-corrected chi connectivity index (χ2v) is 8.61. The lowest BCUT2D eigenvalue weighted by Gasteiger charge is -2.50. The first-order chi connectivity index (χ1) is 15.5. The van der Waals surface area contributed by atoms with Crippen LogP contribution in [0.5, 0.6) is 5.75 Å². The minimum atomic E-state index is -2.69. The summed E-state index contributed by atoms with van der Waals surface area (Å²) in [6.45, 7) is 0. The standard InChI is InChI=1S/C21H21N5O7/c1-26(2)15-9-6-7-5-8-10(24-25-23)3-4-11(27)13(8)16(28)12(7)18(30)21(9,33)19(31)14(17(15)29)20(22)32/h3-4,7,9,15,27-28,31,33H,5-6H2,1-2H3,(H2,22,32)/t7?,9?,15-,21-/m0/s1. The largest absolute Gasteiger partial charge is 0.508 e. The van der Waals surface area contributed by atoms with E-state index in [1.165, 1.54) is 31.1 Å². The van der Waals surface area contributed by atoms with Crippen molar-refractivity contribution in [2.75, 3.05) is 14.1 Å². The van der Waals surface area contributed by atoms with E-state index in [1.807, 2.05) is 0 Å². The summed E-state index contributed by atoms with van der Waals surface area (Å²) in [5, 5.41) is 47.1. The normalized spacial score (nSPS) is 28.8. The molecule has 1 aromatic rings. The average Bonchev–Trinajstić information content (AvgIpc) is 2.72. The van der Waals surface area contributed by atoms with Gasteiger partial charge in [0.05, 0.1) is 11.6 Å². The lowest BCUT2D eigenvalue weighted by atomic mass is 9.57. The van der Waals surface area contributed by atoms with Gasteiger partial charge in [-0.2, -0.15) is 0 Å². The van der Waals surface area contributed by atoms with Crippen molar-refractivity contribution in [3.05, 3.63) is 50.6 Å². The molecule has 33 heavy (non-hydrogen) atoms. The molecule has 1 amide bonds. The summed E-state index contributed by atoms with van der Waals surface area (Å²) in [6.07, 6.45) is 0.00835. The van der Waals surface area contributed by atoms with Gasteiger partial charge in [-0.05, 0) is 56.1 Å². The van der Waals surface area contributed by atoms with Gasteiger partial charge in [0.1, 0.15) is 22.8 Å². The van der Waals surface area contributed by atoms with Crippen LogP contribution in [0, 0.1) is 11.8 Å². The number of aliphatic hydroxyl groups excluding tert-OH is 2. The summed E-state index contributed by atoms with van der Waals surface area (Å²) in [6, 6.07) is 1.39. The van der Waals surface area contributed by atoms with E-state index in [4.69, 9.17) is 11.3 Å². The highest BCUT2D eigenvalue weighted by Gasteiger charge is 2.64. The number of nitrogens with two attached hydrogens (primary N) is 1. The number of amides is 1. The molecule has 0 aliphatic heterocycles. The topological polar surface area (TPSA) is 210 Å². The Morgan fingerprint density at radius 3 is 2.52 bits per heavy atom. The van der Waals surface area contributed by atoms with Crippen LogP contribution in [-0.2, 0) is 20.8 Å². The number of phenols is 1. The van der Waals surface area contributed by atoms with Crippen LogP contribution < -0.4 is 5.73 Å². The van der Waals surface area contributed by atoms with Crippen molar-refractivity contribution in [3.63, 3.8) is 0 Å². The maximum atomic E-state index is 13.6. The van der Waals surface area contributed by atoms with E-state index in [-0.39, 0.29) is 35.4 Å². The first kappa shape index (κ1) is 22.3. The molecule has 0 aromatic heterocycles. The third-order valence-corrected chi connectivity index (χ3v) is 6.73. The maximum Gasteiger partial charge on any atom is 0.255 e. The van der Waals surface area contributed by atoms with Gasteiger partial charge in [-0.3, -0.25) is 19.3 Å². The van der Waals surface area contributed by atoms with Gasteiger partial charge < -0.3 is 26.2 Å². The molecule has 0 heterocycles. The van der Waals surface area contributed by atoms with Gasteiger partial charge in [-0.25, -0.2) is 0 Å². The molecule has 3 aliphatic rings. The Labute approximate surface area is 186 Å². The Morgan fingerprint density at radius 2 is 1.94 bits per heavy atom. The minimum Gasteiger partial charge on any atom is -0.508 e. The van der Waals surface area contributed by atoms with E-state index in [2.05, 4.69) is 10.0 Å². The monoisotopic (exact) mass is 455 g/mol. The Bertz CT molecular complexity index is 1240. The zero-order valence-corrected chi connectivity index (χ0v) is 17.7. The van der Waals surface area contributed by atoms with Crippen molar-refractivity contribution >= 4 is 28.9 Å². The van der Waals surface area contributed by atoms with E-state index in [9.17, 15) is 34.8 Å². The number of ketones is 2. The van der Waals surface area contributed by atoms with Gasteiger partial charge in [0.25, 0.3) is 5.91 Å². The Balaban J connectivity index is 2.00. The fourth-order valence-corrected chi connectivity index (χ4v) is 5.37. The van der Waals surface area contributed by atoms with Crippen LogP contribution in [-0.4, -0.2) is 68.5 Å². The second-order valence-electron chi connectivity index (χ2n) is 8.61. The number of nitrogens with zero attached hydrogens (tertiary/aromatic N) is 4. The van der Waals surface area contributed by atoms with Gasteiger partial charge in [0, 0.05) is 22.1 Å². The smallest absolute Gasteiger partial charge is 0.255 e. The third kappa shape index (κ3) is 2.85. The predicted octanol–water partition coefficient (Wildman–Crippen LogP) is 0.906. The van der Waals surface area contributed by atoms with E-state index in [1.54, 1.807) is 0 Å². The molecule has 12 heteroatoms. The summed E-state index contributed by atoms with van der Waals surface area (Å²) in [5.74, 6) is -7.29. The van der Waals surface area contributed by atoms with Crippen LogP contribution in [0.15, 0.2) is 34.2 Å². The number of fused-ring (bicyclic) bond motifs is 3. The molecule has 0 saturated heterocycles. The number of hydrogen-bond donors (Lipinski definition) is 5. The Hall–Kier alpha value is -3.86. The molecule has 1 fully saturated rings. The van der Waals surface area contributed by atoms with Gasteiger partial charge >= 0.3 is 0 Å². The number of aromatic hydroxyl groups is 1. The van der Waals surface area contributed by atoms with Crippen LogP contribution in [0.2, 0.25) is 0 Å². The summed E-state index contributed by atoms with van der Waals surface area (Å²) >= 11 is 0. The van der Waals surface area contributed by atoms with E-state index >= 15 is 0 Å². The van der Waals surface area contributed by atoms with E-state index in [0.717, 1.165) is 0 Å². The fourth-order valence-electron chi connectivity index (χ4n) is 5.37. The molecule has 172 valence electrons. The zero-order valence-electron chi connectivity index (χ0n) is 17.7. The number of likely N-dealkylation sites (N-methyl/N-ethyl adjacent to an activating group) is 1. The average molecular weight is 455 g/mol. The predicted molar refractivity (Wildman–Crippen MR) is 113 cm³/mol. The summed E-state index contributed by atoms with van der Waals surface area (Å²) in [7, 11) is 3.04. The molecule has 0 radical (unpaired) electrons. The first-order valence-electron chi connectivity index (χ1n) is 10.0. The van der Waals surface area contributed by atoms with Gasteiger partial charge in [0.15, 0.2) is 11.4 Å². The molecule has 2 unspecified atom stereocenters. The van der Waals surface area contributed by atoms with Gasteiger partial charge in [0.2, 0.25) is 5.78 Å². The minimum absolute atomic E-state index is 0.0445. The number of aliphatic hydroxyl groups is 3. The van der Waals surface area contributed by atoms with Gasteiger partial charge in [-0.15, -0.1) is 0 Å². The highest BCUT2D eigenvalue weighted by atomic mass is 16.3. The van der Waals surface area contributed by atoms with Crippen molar-refractivity contribution < 1.29 is 34.8 Å². The summed E-state index contributed by atoms with van der Waals surface area (Å²) in [4.78, 5) is 42.7. The maximum absolute atomic E-state index is 13.6. The van der Waals surface area contributed by atoms with Crippen molar-refractivity contribution in [1.82, 2.24) is 4.90 Å². The van der Waals surface area contributed by atoms with Crippen LogP contribution in [0.1, 0.15) is 17.5 Å². The van der Waals surface area contributed by atoms with Crippen molar-refractivity contribution in [3.8, 4) is 5.75 Å². The number of phenolic OH excluding ortho intramolecular Hbond substituents is 1. The van der Waals surface area contributed by atoms with Crippen molar-refractivity contribution in [1.29, 1.82) is 0 Å². The molecular formula is C21H21N5O7. The van der Waals surface area contributed by atoms with Crippen LogP contribution >= 0.6 is 0 Å². The lowest BCUT2D eigenvalue weighted by molar-refractivity contribution is -0.153. The Morgan fingerprint density at radius 1 is 1.27 bits per heavy atom. The molecule has 1 saturated carbocycles.